The summed E-state index contributed by atoms with van der Waals surface area (Å²) in [6, 6.07) is 9.32. The molecule has 19 heavy (non-hydrogen) atoms. The fraction of sp³-hybridized carbons (Fsp3) is 0.167. The lowest BCUT2D eigenvalue weighted by Gasteiger charge is -2.11. The largest absolute Gasteiger partial charge is 0.480 e. The van der Waals surface area contributed by atoms with Crippen LogP contribution in [0.15, 0.2) is 40.5 Å². The van der Waals surface area contributed by atoms with Crippen LogP contribution in [-0.2, 0) is 9.59 Å². The lowest BCUT2D eigenvalue weighted by molar-refractivity contribution is -0.137. The number of aliphatic carboxylic acids is 1. The highest BCUT2D eigenvalue weighted by Crippen LogP contribution is 1.99. The number of carbonyl (C=O) groups excluding carboxylic acids is 1. The van der Waals surface area contributed by atoms with E-state index in [0.717, 1.165) is 5.56 Å². The third kappa shape index (κ3) is 3.63. The molecule has 7 nitrogen and oxygen atoms in total. The molecule has 1 aliphatic heterocycles. The number of benzene rings is 1. The van der Waals surface area contributed by atoms with Crippen LogP contribution < -0.4 is 5.32 Å². The smallest absolute Gasteiger partial charge is 0.323 e. The summed E-state index contributed by atoms with van der Waals surface area (Å²) in [5.74, 6) is -1.18. The molecular weight excluding hydrogens is 248 g/mol. The second kappa shape index (κ2) is 5.76. The first-order valence-electron chi connectivity index (χ1n) is 5.58. The first-order valence-corrected chi connectivity index (χ1v) is 5.58. The summed E-state index contributed by atoms with van der Waals surface area (Å²) >= 11 is 0. The maximum Gasteiger partial charge on any atom is 0.323 e. The number of carbonyl (C=O) groups is 2. The number of amides is 1. The van der Waals surface area contributed by atoms with Gasteiger partial charge in [-0.2, -0.15) is 5.10 Å². The number of hydrogen-bond acceptors (Lipinski definition) is 4. The summed E-state index contributed by atoms with van der Waals surface area (Å²) in [5, 5.41) is 18.8. The van der Waals surface area contributed by atoms with Gasteiger partial charge in [-0.15, -0.1) is 5.10 Å². The van der Waals surface area contributed by atoms with Crippen LogP contribution in [-0.4, -0.2) is 47.1 Å². The summed E-state index contributed by atoms with van der Waals surface area (Å²) in [6.45, 7) is -0.315. The van der Waals surface area contributed by atoms with E-state index in [0.29, 0.717) is 0 Å². The number of nitrogens with zero attached hydrogens (tertiary/aromatic N) is 3. The molecule has 0 aliphatic carbocycles. The van der Waals surface area contributed by atoms with Crippen LogP contribution in [0.2, 0.25) is 0 Å². The Morgan fingerprint density at radius 1 is 1.42 bits per heavy atom. The van der Waals surface area contributed by atoms with Crippen LogP contribution in [0.1, 0.15) is 5.56 Å². The minimum absolute atomic E-state index is 0.0218. The second-order valence-electron chi connectivity index (χ2n) is 3.88. The highest BCUT2D eigenvalue weighted by atomic mass is 16.4. The van der Waals surface area contributed by atoms with Crippen molar-refractivity contribution in [1.82, 2.24) is 10.2 Å². The highest BCUT2D eigenvalue weighted by molar-refractivity contribution is 6.05. The molecule has 0 unspecified atom stereocenters. The van der Waals surface area contributed by atoms with E-state index in [-0.39, 0.29) is 25.0 Å². The fourth-order valence-electron chi connectivity index (χ4n) is 1.56. The molecule has 1 fully saturated rings. The van der Waals surface area contributed by atoms with Gasteiger partial charge in [-0.1, -0.05) is 30.3 Å². The molecular formula is C12H12N4O3. The van der Waals surface area contributed by atoms with Crippen molar-refractivity contribution in [1.29, 1.82) is 0 Å². The zero-order chi connectivity index (χ0) is 13.7. The first kappa shape index (κ1) is 12.7. The average molecular weight is 260 g/mol. The third-order valence-corrected chi connectivity index (χ3v) is 2.37. The lowest BCUT2D eigenvalue weighted by atomic mass is 10.2. The summed E-state index contributed by atoms with van der Waals surface area (Å²) in [4.78, 5) is 23.1. The predicted molar refractivity (Wildman–Crippen MR) is 68.8 cm³/mol. The summed E-state index contributed by atoms with van der Waals surface area (Å²) in [7, 11) is 0. The molecule has 1 aromatic carbocycles. The molecule has 0 atom stereocenters. The zero-order valence-corrected chi connectivity index (χ0v) is 9.98. The molecule has 1 aliphatic rings. The average Bonchev–Trinajstić information content (AvgIpc) is 2.70. The van der Waals surface area contributed by atoms with E-state index in [9.17, 15) is 9.59 Å². The van der Waals surface area contributed by atoms with E-state index in [2.05, 4.69) is 15.5 Å². The Kier molecular flexibility index (Phi) is 3.87. The van der Waals surface area contributed by atoms with E-state index in [1.807, 2.05) is 30.3 Å². The van der Waals surface area contributed by atoms with Gasteiger partial charge in [0.15, 0.2) is 0 Å². The van der Waals surface area contributed by atoms with E-state index >= 15 is 0 Å². The van der Waals surface area contributed by atoms with Crippen molar-refractivity contribution in [2.45, 2.75) is 0 Å². The van der Waals surface area contributed by atoms with Gasteiger partial charge in [0.05, 0.1) is 6.21 Å². The van der Waals surface area contributed by atoms with Gasteiger partial charge >= 0.3 is 5.97 Å². The van der Waals surface area contributed by atoms with Crippen molar-refractivity contribution < 1.29 is 14.7 Å². The van der Waals surface area contributed by atoms with Gasteiger partial charge in [0.2, 0.25) is 11.9 Å². The van der Waals surface area contributed by atoms with Crippen molar-refractivity contribution in [2.24, 2.45) is 10.2 Å². The molecule has 0 bridgehead atoms. The van der Waals surface area contributed by atoms with Crippen LogP contribution in [0.25, 0.3) is 0 Å². The Labute approximate surface area is 109 Å². The van der Waals surface area contributed by atoms with Crippen molar-refractivity contribution in [3.8, 4) is 0 Å². The van der Waals surface area contributed by atoms with E-state index < -0.39 is 5.97 Å². The molecule has 98 valence electrons. The molecule has 0 spiro atoms. The molecule has 1 aromatic rings. The van der Waals surface area contributed by atoms with Crippen molar-refractivity contribution in [2.75, 3.05) is 13.1 Å². The van der Waals surface area contributed by atoms with E-state index in [4.69, 9.17) is 5.11 Å². The minimum atomic E-state index is -1.03. The molecule has 1 heterocycles. The minimum Gasteiger partial charge on any atom is -0.480 e. The lowest BCUT2D eigenvalue weighted by Crippen LogP contribution is -2.34. The van der Waals surface area contributed by atoms with Crippen molar-refractivity contribution in [3.63, 3.8) is 0 Å². The van der Waals surface area contributed by atoms with Crippen molar-refractivity contribution >= 4 is 24.1 Å². The van der Waals surface area contributed by atoms with Crippen LogP contribution >= 0.6 is 0 Å². The Morgan fingerprint density at radius 2 is 2.16 bits per heavy atom. The second-order valence-corrected chi connectivity index (χ2v) is 3.88. The number of carboxylic acids is 1. The van der Waals surface area contributed by atoms with Crippen LogP contribution in [0.3, 0.4) is 0 Å². The SMILES string of the molecule is O=C(O)CN1CC(=O)N/C1=N\N=C\c1ccccc1. The van der Waals surface area contributed by atoms with Gasteiger partial charge in [-0.25, -0.2) is 0 Å². The monoisotopic (exact) mass is 260 g/mol. The van der Waals surface area contributed by atoms with Gasteiger partial charge in [-0.05, 0) is 5.56 Å². The summed E-state index contributed by atoms with van der Waals surface area (Å²) in [5.41, 5.74) is 0.862. The summed E-state index contributed by atoms with van der Waals surface area (Å²) in [6.07, 6.45) is 1.52. The molecule has 0 saturated carbocycles. The third-order valence-electron chi connectivity index (χ3n) is 2.37. The van der Waals surface area contributed by atoms with Crippen LogP contribution in [0.4, 0.5) is 0 Å². The van der Waals surface area contributed by atoms with Gasteiger partial charge in [0, 0.05) is 0 Å². The Bertz CT molecular complexity index is 539. The van der Waals surface area contributed by atoms with Gasteiger partial charge in [0.25, 0.3) is 0 Å². The van der Waals surface area contributed by atoms with Gasteiger partial charge in [0.1, 0.15) is 13.1 Å². The number of guanidine groups is 1. The molecule has 0 aromatic heterocycles. The quantitative estimate of drug-likeness (QED) is 0.583. The first-order chi connectivity index (χ1) is 9.15. The van der Waals surface area contributed by atoms with E-state index in [1.54, 1.807) is 0 Å². The maximum atomic E-state index is 11.2. The molecule has 7 heteroatoms. The predicted octanol–water partition coefficient (Wildman–Crippen LogP) is -0.107. The van der Waals surface area contributed by atoms with Crippen LogP contribution in [0.5, 0.6) is 0 Å². The fourth-order valence-corrected chi connectivity index (χ4v) is 1.56. The number of rotatable bonds is 4. The Balaban J connectivity index is 2.06. The van der Waals surface area contributed by atoms with E-state index in [1.165, 1.54) is 11.1 Å². The number of carboxylic acid groups (broad SMARTS) is 1. The number of hydrogen-bond donors (Lipinski definition) is 2. The molecule has 1 amide bonds. The zero-order valence-electron chi connectivity index (χ0n) is 9.98. The standard InChI is InChI=1S/C12H12N4O3/c17-10-7-16(8-11(18)19)12(14-10)15-13-6-9-4-2-1-3-5-9/h1-6H,7-8H2,(H,18,19)(H,14,15,17)/b13-6+. The highest BCUT2D eigenvalue weighted by Gasteiger charge is 2.26. The van der Waals surface area contributed by atoms with Crippen molar-refractivity contribution in [3.05, 3.63) is 35.9 Å². The molecule has 2 N–H and O–H groups in total. The van der Waals surface area contributed by atoms with Crippen LogP contribution in [0, 0.1) is 0 Å². The van der Waals surface area contributed by atoms with Gasteiger partial charge in [-0.3, -0.25) is 14.9 Å². The Morgan fingerprint density at radius 3 is 2.84 bits per heavy atom. The molecule has 0 radical (unpaired) electrons. The maximum absolute atomic E-state index is 11.2. The number of nitrogens with one attached hydrogen (secondary N) is 1. The normalized spacial score (nSPS) is 17.2. The summed E-state index contributed by atoms with van der Waals surface area (Å²) < 4.78 is 0. The Hall–Kier alpha value is -2.70. The van der Waals surface area contributed by atoms with Gasteiger partial charge < -0.3 is 10.0 Å². The molecule has 1 saturated heterocycles. The molecule has 2 rings (SSSR count). The topological polar surface area (TPSA) is 94.4 Å².